The van der Waals surface area contributed by atoms with E-state index in [1.807, 2.05) is 29.2 Å². The van der Waals surface area contributed by atoms with Gasteiger partial charge in [0.1, 0.15) is 5.75 Å². The Balaban J connectivity index is 1.42. The van der Waals surface area contributed by atoms with Crippen LogP contribution in [0.5, 0.6) is 5.75 Å². The Bertz CT molecular complexity index is 982. The normalized spacial score (nSPS) is 16.6. The number of amides is 1. The number of methoxy groups -OCH3 is 1. The van der Waals surface area contributed by atoms with E-state index in [0.29, 0.717) is 31.2 Å². The zero-order chi connectivity index (χ0) is 19.5. The zero-order valence-corrected chi connectivity index (χ0v) is 16.1. The van der Waals surface area contributed by atoms with E-state index in [-0.39, 0.29) is 11.8 Å². The monoisotopic (exact) mass is 377 g/mol. The maximum Gasteiger partial charge on any atom is 0.258 e. The molecule has 1 aliphatic rings. The Labute approximate surface area is 164 Å². The summed E-state index contributed by atoms with van der Waals surface area (Å²) in [5.41, 5.74) is 3.29. The Morgan fingerprint density at radius 3 is 2.89 bits per heavy atom. The minimum Gasteiger partial charge on any atom is -0.497 e. The van der Waals surface area contributed by atoms with Crippen molar-refractivity contribution in [3.05, 3.63) is 65.5 Å². The molecule has 2 aromatic carbocycles. The van der Waals surface area contributed by atoms with Crippen LogP contribution in [0.3, 0.4) is 0 Å². The smallest absolute Gasteiger partial charge is 0.258 e. The Hall–Kier alpha value is -3.15. The average Bonchev–Trinajstić information content (AvgIpc) is 3.33. The van der Waals surface area contributed by atoms with E-state index in [1.54, 1.807) is 7.11 Å². The highest BCUT2D eigenvalue weighted by molar-refractivity contribution is 5.79. The number of carbonyl (C=O) groups excluding carboxylic acids is 1. The minimum atomic E-state index is -0.0342. The molecule has 1 unspecified atom stereocenters. The number of aryl methyl sites for hydroxylation is 1. The van der Waals surface area contributed by atoms with Crippen LogP contribution >= 0.6 is 0 Å². The molecule has 1 aliphatic heterocycles. The molecular weight excluding hydrogens is 354 g/mol. The lowest BCUT2D eigenvalue weighted by Gasteiger charge is -2.16. The number of rotatable bonds is 6. The van der Waals surface area contributed by atoms with Gasteiger partial charge in [-0.15, -0.1) is 0 Å². The fourth-order valence-electron chi connectivity index (χ4n) is 3.57. The molecule has 1 aromatic heterocycles. The molecule has 2 heterocycles. The van der Waals surface area contributed by atoms with Crippen molar-refractivity contribution in [3.63, 3.8) is 0 Å². The fraction of sp³-hybridized carbons (Fsp3) is 0.318. The van der Waals surface area contributed by atoms with E-state index in [9.17, 15) is 4.79 Å². The summed E-state index contributed by atoms with van der Waals surface area (Å²) in [4.78, 5) is 18.9. The van der Waals surface area contributed by atoms with Crippen molar-refractivity contribution in [2.45, 2.75) is 25.7 Å². The van der Waals surface area contributed by atoms with Crippen LogP contribution < -0.4 is 4.74 Å². The summed E-state index contributed by atoms with van der Waals surface area (Å²) in [5, 5.41) is 4.12. The first-order valence-corrected chi connectivity index (χ1v) is 9.44. The molecule has 1 amide bonds. The average molecular weight is 377 g/mol. The summed E-state index contributed by atoms with van der Waals surface area (Å²) in [5.74, 6) is 1.87. The van der Waals surface area contributed by atoms with Gasteiger partial charge in [0.05, 0.1) is 7.11 Å². The van der Waals surface area contributed by atoms with E-state index in [4.69, 9.17) is 9.26 Å². The van der Waals surface area contributed by atoms with Gasteiger partial charge in [-0.05, 0) is 37.1 Å². The molecule has 1 fully saturated rings. The molecule has 4 rings (SSSR count). The number of carbonyl (C=O) groups is 1. The SMILES string of the molecule is COc1cccc(-c2nc(C3CC(=O)N(CCc4cccc(C)c4)C3)no2)c1. The van der Waals surface area contributed by atoms with Crippen LogP contribution in [0.15, 0.2) is 53.1 Å². The summed E-state index contributed by atoms with van der Waals surface area (Å²) in [6.45, 7) is 3.41. The van der Waals surface area contributed by atoms with E-state index in [0.717, 1.165) is 17.7 Å². The van der Waals surface area contributed by atoms with Gasteiger partial charge in [-0.3, -0.25) is 4.79 Å². The number of hydrogen-bond donors (Lipinski definition) is 0. The summed E-state index contributed by atoms with van der Waals surface area (Å²) in [7, 11) is 1.62. The third kappa shape index (κ3) is 3.91. The predicted molar refractivity (Wildman–Crippen MR) is 105 cm³/mol. The highest BCUT2D eigenvalue weighted by Gasteiger charge is 2.33. The molecule has 3 aromatic rings. The Morgan fingerprint density at radius 2 is 2.07 bits per heavy atom. The van der Waals surface area contributed by atoms with Gasteiger partial charge < -0.3 is 14.2 Å². The van der Waals surface area contributed by atoms with Gasteiger partial charge in [-0.25, -0.2) is 0 Å². The highest BCUT2D eigenvalue weighted by atomic mass is 16.5. The van der Waals surface area contributed by atoms with Gasteiger partial charge in [0.25, 0.3) is 5.89 Å². The Morgan fingerprint density at radius 1 is 1.21 bits per heavy atom. The Kier molecular flexibility index (Phi) is 5.10. The summed E-state index contributed by atoms with van der Waals surface area (Å²) < 4.78 is 10.7. The summed E-state index contributed by atoms with van der Waals surface area (Å²) in [6.07, 6.45) is 1.27. The molecule has 144 valence electrons. The van der Waals surface area contributed by atoms with E-state index in [1.165, 1.54) is 11.1 Å². The van der Waals surface area contributed by atoms with Gasteiger partial charge >= 0.3 is 0 Å². The number of likely N-dealkylation sites (tertiary alicyclic amines) is 1. The molecule has 0 N–H and O–H groups in total. The van der Waals surface area contributed by atoms with Crippen LogP contribution in [-0.4, -0.2) is 41.1 Å². The standard InChI is InChI=1S/C22H23N3O3/c1-15-5-3-6-16(11-15)9-10-25-14-18(13-20(25)26)21-23-22(28-24-21)17-7-4-8-19(12-17)27-2/h3-8,11-12,18H,9-10,13-14H2,1-2H3. The van der Waals surface area contributed by atoms with Gasteiger partial charge in [-0.2, -0.15) is 4.98 Å². The van der Waals surface area contributed by atoms with Crippen molar-refractivity contribution in [3.8, 4) is 17.2 Å². The maximum absolute atomic E-state index is 12.4. The van der Waals surface area contributed by atoms with Crippen LogP contribution in [0.25, 0.3) is 11.5 Å². The lowest BCUT2D eigenvalue weighted by molar-refractivity contribution is -0.127. The number of aromatic nitrogens is 2. The topological polar surface area (TPSA) is 68.5 Å². The first-order chi connectivity index (χ1) is 13.6. The van der Waals surface area contributed by atoms with Gasteiger partial charge in [0, 0.05) is 31.0 Å². The number of hydrogen-bond acceptors (Lipinski definition) is 5. The predicted octanol–water partition coefficient (Wildman–Crippen LogP) is 3.61. The second kappa shape index (κ2) is 7.84. The van der Waals surface area contributed by atoms with Crippen molar-refractivity contribution in [2.24, 2.45) is 0 Å². The molecule has 0 bridgehead atoms. The quantitative estimate of drug-likeness (QED) is 0.656. The van der Waals surface area contributed by atoms with Crippen LogP contribution in [0, 0.1) is 6.92 Å². The van der Waals surface area contributed by atoms with E-state index < -0.39 is 0 Å². The third-order valence-corrected chi connectivity index (χ3v) is 5.09. The van der Waals surface area contributed by atoms with Crippen LogP contribution in [-0.2, 0) is 11.2 Å². The molecule has 0 aliphatic carbocycles. The van der Waals surface area contributed by atoms with Crippen molar-refractivity contribution in [1.82, 2.24) is 15.0 Å². The van der Waals surface area contributed by atoms with Crippen molar-refractivity contribution in [2.75, 3.05) is 20.2 Å². The number of nitrogens with zero attached hydrogens (tertiary/aromatic N) is 3. The van der Waals surface area contributed by atoms with Crippen molar-refractivity contribution < 1.29 is 14.1 Å². The molecule has 0 spiro atoms. The number of ether oxygens (including phenoxy) is 1. The summed E-state index contributed by atoms with van der Waals surface area (Å²) >= 11 is 0. The fourth-order valence-corrected chi connectivity index (χ4v) is 3.57. The van der Waals surface area contributed by atoms with Gasteiger partial charge in [-0.1, -0.05) is 41.1 Å². The minimum absolute atomic E-state index is 0.0342. The molecule has 28 heavy (non-hydrogen) atoms. The molecular formula is C22H23N3O3. The lowest BCUT2D eigenvalue weighted by Crippen LogP contribution is -2.27. The molecule has 1 atom stereocenters. The van der Waals surface area contributed by atoms with Crippen molar-refractivity contribution >= 4 is 5.91 Å². The van der Waals surface area contributed by atoms with Gasteiger partial charge in [0.2, 0.25) is 5.91 Å². The van der Waals surface area contributed by atoms with Crippen LogP contribution in [0.1, 0.15) is 29.3 Å². The second-order valence-corrected chi connectivity index (χ2v) is 7.17. The molecule has 6 nitrogen and oxygen atoms in total. The third-order valence-electron chi connectivity index (χ3n) is 5.09. The largest absolute Gasteiger partial charge is 0.497 e. The van der Waals surface area contributed by atoms with Crippen LogP contribution in [0.2, 0.25) is 0 Å². The molecule has 1 saturated heterocycles. The van der Waals surface area contributed by atoms with E-state index in [2.05, 4.69) is 41.3 Å². The van der Waals surface area contributed by atoms with E-state index >= 15 is 0 Å². The summed E-state index contributed by atoms with van der Waals surface area (Å²) in [6, 6.07) is 15.9. The molecule has 0 saturated carbocycles. The molecule has 6 heteroatoms. The lowest BCUT2D eigenvalue weighted by atomic mass is 10.1. The molecule has 0 radical (unpaired) electrons. The number of benzene rings is 2. The van der Waals surface area contributed by atoms with Gasteiger partial charge in [0.15, 0.2) is 5.82 Å². The van der Waals surface area contributed by atoms with Crippen LogP contribution in [0.4, 0.5) is 0 Å². The first kappa shape index (κ1) is 18.2. The second-order valence-electron chi connectivity index (χ2n) is 7.17. The zero-order valence-electron chi connectivity index (χ0n) is 16.1. The maximum atomic E-state index is 12.4. The van der Waals surface area contributed by atoms with Crippen molar-refractivity contribution in [1.29, 1.82) is 0 Å². The highest BCUT2D eigenvalue weighted by Crippen LogP contribution is 2.29. The first-order valence-electron chi connectivity index (χ1n) is 9.44.